The summed E-state index contributed by atoms with van der Waals surface area (Å²) < 4.78 is 4.90. The maximum Gasteiger partial charge on any atom is 0.241 e. The van der Waals surface area contributed by atoms with Gasteiger partial charge in [-0.1, -0.05) is 23.4 Å². The molecule has 0 aliphatic carbocycles. The van der Waals surface area contributed by atoms with Crippen molar-refractivity contribution in [3.63, 3.8) is 0 Å². The van der Waals surface area contributed by atoms with E-state index in [2.05, 4.69) is 10.1 Å². The molecule has 2 aromatic rings. The molecule has 0 amide bonds. The third kappa shape index (κ3) is 2.97. The molecule has 0 spiro atoms. The largest absolute Gasteiger partial charge is 0.338 e. The number of alkyl halides is 1. The lowest BCUT2D eigenvalue weighted by Crippen LogP contribution is -1.84. The quantitative estimate of drug-likeness (QED) is 0.608. The van der Waals surface area contributed by atoms with Gasteiger partial charge in [-0.05, 0) is 12.1 Å². The van der Waals surface area contributed by atoms with Crippen molar-refractivity contribution < 1.29 is 4.52 Å². The summed E-state index contributed by atoms with van der Waals surface area (Å²) in [6.45, 7) is 0. The molecule has 0 saturated heterocycles. The molecule has 0 unspecified atom stereocenters. The molecule has 0 bridgehead atoms. The molecule has 0 fully saturated rings. The smallest absolute Gasteiger partial charge is 0.241 e. The fourth-order valence-electron chi connectivity index (χ4n) is 1.07. The zero-order valence-electron chi connectivity index (χ0n) is 7.89. The third-order valence-corrected chi connectivity index (χ3v) is 2.97. The average molecular weight is 241 g/mol. The molecule has 3 nitrogen and oxygen atoms in total. The lowest BCUT2D eigenvalue weighted by Gasteiger charge is -1.95. The third-order valence-electron chi connectivity index (χ3n) is 1.74. The molecular weight excluding hydrogens is 232 g/mol. The predicted octanol–water partition coefficient (Wildman–Crippen LogP) is 3.10. The first-order chi connectivity index (χ1) is 7.38. The van der Waals surface area contributed by atoms with Crippen molar-refractivity contribution in [1.29, 1.82) is 0 Å². The second kappa shape index (κ2) is 5.19. The van der Waals surface area contributed by atoms with E-state index in [0.717, 1.165) is 0 Å². The van der Waals surface area contributed by atoms with Gasteiger partial charge in [0.05, 0.1) is 5.75 Å². The summed E-state index contributed by atoms with van der Waals surface area (Å²) in [4.78, 5) is 5.30. The van der Waals surface area contributed by atoms with Crippen molar-refractivity contribution in [3.8, 4) is 0 Å². The highest BCUT2D eigenvalue weighted by molar-refractivity contribution is 7.98. The minimum Gasteiger partial charge on any atom is -0.338 e. The molecule has 1 aromatic heterocycles. The highest BCUT2D eigenvalue weighted by Crippen LogP contribution is 2.20. The minimum absolute atomic E-state index is 0.267. The summed E-state index contributed by atoms with van der Waals surface area (Å²) in [6, 6.07) is 10.1. The van der Waals surface area contributed by atoms with Crippen LogP contribution in [0.4, 0.5) is 0 Å². The highest BCUT2D eigenvalue weighted by Gasteiger charge is 2.04. The van der Waals surface area contributed by atoms with Crippen molar-refractivity contribution in [2.75, 3.05) is 0 Å². The van der Waals surface area contributed by atoms with Gasteiger partial charge in [0.1, 0.15) is 5.88 Å². The topological polar surface area (TPSA) is 38.9 Å². The molecule has 78 valence electrons. The lowest BCUT2D eigenvalue weighted by molar-refractivity contribution is 0.386. The van der Waals surface area contributed by atoms with Crippen molar-refractivity contribution in [2.45, 2.75) is 16.5 Å². The van der Waals surface area contributed by atoms with E-state index in [9.17, 15) is 0 Å². The molecule has 1 heterocycles. The number of aromatic nitrogens is 2. The lowest BCUT2D eigenvalue weighted by atomic mass is 10.4. The average Bonchev–Trinajstić information content (AvgIpc) is 2.76. The van der Waals surface area contributed by atoms with E-state index in [1.54, 1.807) is 11.8 Å². The second-order valence-electron chi connectivity index (χ2n) is 2.84. The first kappa shape index (κ1) is 10.5. The van der Waals surface area contributed by atoms with E-state index in [0.29, 0.717) is 17.5 Å². The summed E-state index contributed by atoms with van der Waals surface area (Å²) in [6.07, 6.45) is 0. The highest BCUT2D eigenvalue weighted by atomic mass is 35.5. The van der Waals surface area contributed by atoms with Crippen LogP contribution in [-0.4, -0.2) is 10.1 Å². The molecule has 0 radical (unpaired) electrons. The van der Waals surface area contributed by atoms with Crippen LogP contribution in [0.5, 0.6) is 0 Å². The SMILES string of the molecule is ClCc1nc(CSc2ccccc2)no1. The van der Waals surface area contributed by atoms with Crippen LogP contribution >= 0.6 is 23.4 Å². The van der Waals surface area contributed by atoms with Crippen molar-refractivity contribution >= 4 is 23.4 Å². The van der Waals surface area contributed by atoms with Gasteiger partial charge in [-0.25, -0.2) is 0 Å². The summed E-state index contributed by atoms with van der Waals surface area (Å²) in [5, 5.41) is 3.81. The van der Waals surface area contributed by atoms with Crippen LogP contribution in [0, 0.1) is 0 Å². The van der Waals surface area contributed by atoms with Crippen LogP contribution in [0.25, 0.3) is 0 Å². The number of halogens is 1. The van der Waals surface area contributed by atoms with E-state index in [1.165, 1.54) is 4.90 Å². The van der Waals surface area contributed by atoms with Crippen LogP contribution in [0.15, 0.2) is 39.8 Å². The maximum absolute atomic E-state index is 5.55. The summed E-state index contributed by atoms with van der Waals surface area (Å²) in [7, 11) is 0. The molecule has 0 aliphatic rings. The zero-order valence-corrected chi connectivity index (χ0v) is 9.46. The minimum atomic E-state index is 0.267. The molecule has 0 atom stereocenters. The van der Waals surface area contributed by atoms with Crippen LogP contribution in [0.1, 0.15) is 11.7 Å². The maximum atomic E-state index is 5.55. The Balaban J connectivity index is 1.93. The van der Waals surface area contributed by atoms with Crippen LogP contribution < -0.4 is 0 Å². The normalized spacial score (nSPS) is 10.5. The van der Waals surface area contributed by atoms with E-state index >= 15 is 0 Å². The fraction of sp³-hybridized carbons (Fsp3) is 0.200. The molecule has 2 rings (SSSR count). The molecule has 1 aromatic carbocycles. The second-order valence-corrected chi connectivity index (χ2v) is 4.16. The standard InChI is InChI=1S/C10H9ClN2OS/c11-6-10-12-9(13-14-10)7-15-8-4-2-1-3-5-8/h1-5H,6-7H2. The van der Waals surface area contributed by atoms with Gasteiger partial charge in [-0.3, -0.25) is 0 Å². The summed E-state index contributed by atoms with van der Waals surface area (Å²) in [5.41, 5.74) is 0. The molecule has 0 saturated carbocycles. The number of hydrogen-bond donors (Lipinski definition) is 0. The van der Waals surface area contributed by atoms with E-state index in [4.69, 9.17) is 16.1 Å². The Morgan fingerprint density at radius 2 is 2.07 bits per heavy atom. The van der Waals surface area contributed by atoms with Gasteiger partial charge in [0, 0.05) is 4.90 Å². The number of hydrogen-bond acceptors (Lipinski definition) is 4. The first-order valence-electron chi connectivity index (χ1n) is 4.44. The Bertz CT molecular complexity index is 418. The number of benzene rings is 1. The molecule has 5 heteroatoms. The molecule has 0 N–H and O–H groups in total. The Hall–Kier alpha value is -1.00. The van der Waals surface area contributed by atoms with Crippen molar-refractivity contribution in [2.24, 2.45) is 0 Å². The molecule has 15 heavy (non-hydrogen) atoms. The van der Waals surface area contributed by atoms with Gasteiger partial charge in [0.25, 0.3) is 0 Å². The molecule has 0 aliphatic heterocycles. The number of thioether (sulfide) groups is 1. The van der Waals surface area contributed by atoms with Crippen molar-refractivity contribution in [1.82, 2.24) is 10.1 Å². The van der Waals surface area contributed by atoms with Crippen molar-refractivity contribution in [3.05, 3.63) is 42.0 Å². The van der Waals surface area contributed by atoms with Gasteiger partial charge in [-0.2, -0.15) is 4.98 Å². The summed E-state index contributed by atoms with van der Waals surface area (Å²) >= 11 is 7.22. The summed E-state index contributed by atoms with van der Waals surface area (Å²) in [5.74, 6) is 2.12. The first-order valence-corrected chi connectivity index (χ1v) is 5.96. The Morgan fingerprint density at radius 1 is 1.27 bits per heavy atom. The fourth-order valence-corrected chi connectivity index (χ4v) is 1.94. The van der Waals surface area contributed by atoms with Crippen LogP contribution in [0.3, 0.4) is 0 Å². The van der Waals surface area contributed by atoms with E-state index in [-0.39, 0.29) is 5.88 Å². The van der Waals surface area contributed by atoms with Gasteiger partial charge < -0.3 is 4.52 Å². The van der Waals surface area contributed by atoms with E-state index < -0.39 is 0 Å². The van der Waals surface area contributed by atoms with Gasteiger partial charge in [-0.15, -0.1) is 23.4 Å². The van der Waals surface area contributed by atoms with Crippen LogP contribution in [-0.2, 0) is 11.6 Å². The predicted molar refractivity (Wildman–Crippen MR) is 59.9 cm³/mol. The Labute approximate surface area is 96.8 Å². The Morgan fingerprint density at radius 3 is 2.73 bits per heavy atom. The molecular formula is C10H9ClN2OS. The van der Waals surface area contributed by atoms with Gasteiger partial charge >= 0.3 is 0 Å². The monoisotopic (exact) mass is 240 g/mol. The van der Waals surface area contributed by atoms with Crippen LogP contribution in [0.2, 0.25) is 0 Å². The van der Waals surface area contributed by atoms with E-state index in [1.807, 2.05) is 30.3 Å². The number of rotatable bonds is 4. The zero-order chi connectivity index (χ0) is 10.5. The van der Waals surface area contributed by atoms with Gasteiger partial charge in [0.15, 0.2) is 5.82 Å². The Kier molecular flexibility index (Phi) is 3.64. The number of nitrogens with zero attached hydrogens (tertiary/aromatic N) is 2. The van der Waals surface area contributed by atoms with Gasteiger partial charge in [0.2, 0.25) is 5.89 Å².